The molecule has 0 atom stereocenters. The molecule has 1 aromatic heterocycles. The molecule has 3 rings (SSSR count). The van der Waals surface area contributed by atoms with Crippen molar-refractivity contribution in [2.45, 2.75) is 35.6 Å². The number of hydrogen-bond donors (Lipinski definition) is 0. The van der Waals surface area contributed by atoms with Gasteiger partial charge in [-0.25, -0.2) is 18.4 Å². The molecular weight excluding hydrogens is 346 g/mol. The molecule has 0 spiro atoms. The van der Waals surface area contributed by atoms with Crippen LogP contribution in [0, 0.1) is 0 Å². The molecule has 1 aliphatic rings. The molecule has 0 aliphatic carbocycles. The maximum absolute atomic E-state index is 12.7. The molecule has 24 heavy (non-hydrogen) atoms. The topological polar surface area (TPSA) is 80.2 Å². The number of anilines is 2. The van der Waals surface area contributed by atoms with Gasteiger partial charge in [0.2, 0.25) is 5.91 Å². The van der Waals surface area contributed by atoms with Crippen LogP contribution >= 0.6 is 11.8 Å². The summed E-state index contributed by atoms with van der Waals surface area (Å²) in [5, 5.41) is -0.0411. The number of sulfone groups is 1. The Bertz CT molecular complexity index is 911. The summed E-state index contributed by atoms with van der Waals surface area (Å²) in [5.41, 5.74) is 1.05. The molecule has 0 bridgehead atoms. The van der Waals surface area contributed by atoms with Gasteiger partial charge < -0.3 is 0 Å². The van der Waals surface area contributed by atoms with E-state index in [9.17, 15) is 13.2 Å². The number of benzene rings is 1. The summed E-state index contributed by atoms with van der Waals surface area (Å²) in [6.45, 7) is 3.25. The van der Waals surface area contributed by atoms with Crippen molar-refractivity contribution in [3.63, 3.8) is 0 Å². The van der Waals surface area contributed by atoms with E-state index in [-0.39, 0.29) is 17.2 Å². The van der Waals surface area contributed by atoms with Crippen LogP contribution in [0.2, 0.25) is 0 Å². The summed E-state index contributed by atoms with van der Waals surface area (Å²) in [6, 6.07) is 6.56. The molecule has 8 heteroatoms. The zero-order valence-electron chi connectivity index (χ0n) is 13.6. The molecule has 1 amide bonds. The van der Waals surface area contributed by atoms with Crippen molar-refractivity contribution in [2.24, 2.45) is 0 Å². The van der Waals surface area contributed by atoms with Crippen LogP contribution < -0.4 is 4.90 Å². The number of fused-ring (bicyclic) bond motifs is 1. The average molecular weight is 363 g/mol. The Morgan fingerprint density at radius 1 is 1.25 bits per heavy atom. The number of amides is 1. The van der Waals surface area contributed by atoms with E-state index in [0.717, 1.165) is 0 Å². The molecule has 0 saturated heterocycles. The SMILES string of the molecule is CSc1ncc2c(n1)N(c1ccccc1S(=O)(=O)C(C)C)C(=O)C2. The minimum Gasteiger partial charge on any atom is -0.274 e. The predicted octanol–water partition coefficient (Wildman–Crippen LogP) is 2.60. The highest BCUT2D eigenvalue weighted by atomic mass is 32.2. The van der Waals surface area contributed by atoms with Crippen molar-refractivity contribution < 1.29 is 13.2 Å². The van der Waals surface area contributed by atoms with Gasteiger partial charge in [0.25, 0.3) is 0 Å². The molecule has 6 nitrogen and oxygen atoms in total. The van der Waals surface area contributed by atoms with Gasteiger partial charge in [0.15, 0.2) is 15.0 Å². The van der Waals surface area contributed by atoms with Crippen LogP contribution in [-0.4, -0.2) is 35.8 Å². The van der Waals surface area contributed by atoms with Crippen molar-refractivity contribution in [3.8, 4) is 0 Å². The van der Waals surface area contributed by atoms with Gasteiger partial charge in [-0.1, -0.05) is 23.9 Å². The third-order valence-corrected chi connectivity index (χ3v) is 6.60. The Hall–Kier alpha value is -1.93. The minimum absolute atomic E-state index is 0.144. The van der Waals surface area contributed by atoms with E-state index in [1.807, 2.05) is 6.26 Å². The van der Waals surface area contributed by atoms with Gasteiger partial charge in [-0.05, 0) is 32.2 Å². The third-order valence-electron chi connectivity index (χ3n) is 3.84. The van der Waals surface area contributed by atoms with E-state index in [1.54, 1.807) is 38.2 Å². The molecule has 0 unspecified atom stereocenters. The summed E-state index contributed by atoms with van der Waals surface area (Å²) in [7, 11) is -3.53. The molecular formula is C16H17N3O3S2. The van der Waals surface area contributed by atoms with Crippen LogP contribution in [0.1, 0.15) is 19.4 Å². The fourth-order valence-electron chi connectivity index (χ4n) is 2.54. The molecule has 1 aromatic carbocycles. The second kappa shape index (κ2) is 6.18. The lowest BCUT2D eigenvalue weighted by Crippen LogP contribution is -2.25. The highest BCUT2D eigenvalue weighted by Crippen LogP contribution is 2.38. The van der Waals surface area contributed by atoms with Crippen LogP contribution in [0.4, 0.5) is 11.5 Å². The summed E-state index contributed by atoms with van der Waals surface area (Å²) in [4.78, 5) is 22.7. The van der Waals surface area contributed by atoms with E-state index >= 15 is 0 Å². The second-order valence-electron chi connectivity index (χ2n) is 5.67. The van der Waals surface area contributed by atoms with E-state index in [4.69, 9.17) is 0 Å². The number of hydrogen-bond acceptors (Lipinski definition) is 6. The highest BCUT2D eigenvalue weighted by Gasteiger charge is 2.35. The van der Waals surface area contributed by atoms with Gasteiger partial charge in [-0.3, -0.25) is 9.69 Å². The van der Waals surface area contributed by atoms with E-state index in [0.29, 0.717) is 22.2 Å². The Kier molecular flexibility index (Phi) is 4.35. The molecule has 2 heterocycles. The Morgan fingerprint density at radius 3 is 2.62 bits per heavy atom. The van der Waals surface area contributed by atoms with Gasteiger partial charge in [-0.15, -0.1) is 0 Å². The van der Waals surface area contributed by atoms with Crippen molar-refractivity contribution in [2.75, 3.05) is 11.2 Å². The van der Waals surface area contributed by atoms with Crippen molar-refractivity contribution in [1.82, 2.24) is 9.97 Å². The first-order valence-corrected chi connectivity index (χ1v) is 10.2. The van der Waals surface area contributed by atoms with E-state index in [2.05, 4.69) is 9.97 Å². The fourth-order valence-corrected chi connectivity index (χ4v) is 4.11. The summed E-state index contributed by atoms with van der Waals surface area (Å²) >= 11 is 1.37. The number of carbonyl (C=O) groups is 1. The van der Waals surface area contributed by atoms with Gasteiger partial charge in [-0.2, -0.15) is 0 Å². The van der Waals surface area contributed by atoms with E-state index < -0.39 is 15.1 Å². The first-order chi connectivity index (χ1) is 11.4. The molecule has 2 aromatic rings. The van der Waals surface area contributed by atoms with Crippen LogP contribution in [-0.2, 0) is 21.1 Å². The van der Waals surface area contributed by atoms with Crippen LogP contribution in [0.5, 0.6) is 0 Å². The fraction of sp³-hybridized carbons (Fsp3) is 0.312. The number of thioether (sulfide) groups is 1. The predicted molar refractivity (Wildman–Crippen MR) is 93.4 cm³/mol. The maximum Gasteiger partial charge on any atom is 0.237 e. The van der Waals surface area contributed by atoms with Gasteiger partial charge >= 0.3 is 0 Å². The normalized spacial score (nSPS) is 14.3. The molecule has 1 aliphatic heterocycles. The Labute approximate surface area is 145 Å². The Morgan fingerprint density at radius 2 is 1.96 bits per heavy atom. The number of para-hydroxylation sites is 1. The van der Waals surface area contributed by atoms with Crippen LogP contribution in [0.3, 0.4) is 0 Å². The summed E-state index contributed by atoms with van der Waals surface area (Å²) in [5.74, 6) is 0.259. The maximum atomic E-state index is 12.7. The molecule has 0 saturated carbocycles. The number of carbonyl (C=O) groups excluding carboxylic acids is 1. The van der Waals surface area contributed by atoms with Gasteiger partial charge in [0.1, 0.15) is 5.82 Å². The minimum atomic E-state index is -3.53. The second-order valence-corrected chi connectivity index (χ2v) is 8.92. The summed E-state index contributed by atoms with van der Waals surface area (Å²) in [6.07, 6.45) is 3.64. The largest absolute Gasteiger partial charge is 0.274 e. The Balaban J connectivity index is 2.21. The average Bonchev–Trinajstić information content (AvgIpc) is 2.89. The molecule has 126 valence electrons. The van der Waals surface area contributed by atoms with Crippen LogP contribution in [0.15, 0.2) is 40.5 Å². The van der Waals surface area contributed by atoms with E-state index in [1.165, 1.54) is 22.7 Å². The standard InChI is InChI=1S/C16H17N3O3S2/c1-10(2)24(21,22)13-7-5-4-6-12(13)19-14(20)8-11-9-17-16(23-3)18-15(11)19/h4-7,9-10H,8H2,1-3H3. The van der Waals surface area contributed by atoms with Crippen LogP contribution in [0.25, 0.3) is 0 Å². The first-order valence-electron chi connectivity index (χ1n) is 7.42. The third kappa shape index (κ3) is 2.69. The molecule has 0 radical (unpaired) electrons. The van der Waals surface area contributed by atoms with Crippen molar-refractivity contribution in [1.29, 1.82) is 0 Å². The van der Waals surface area contributed by atoms with Gasteiger partial charge in [0.05, 0.1) is 22.3 Å². The quantitative estimate of drug-likeness (QED) is 0.614. The lowest BCUT2D eigenvalue weighted by Gasteiger charge is -2.21. The van der Waals surface area contributed by atoms with Crippen molar-refractivity contribution in [3.05, 3.63) is 36.0 Å². The lowest BCUT2D eigenvalue weighted by atomic mass is 10.3. The monoisotopic (exact) mass is 363 g/mol. The number of aromatic nitrogens is 2. The zero-order chi connectivity index (χ0) is 17.5. The van der Waals surface area contributed by atoms with Crippen molar-refractivity contribution >= 4 is 39.0 Å². The zero-order valence-corrected chi connectivity index (χ0v) is 15.2. The number of rotatable bonds is 4. The number of nitrogens with zero attached hydrogens (tertiary/aromatic N) is 3. The lowest BCUT2D eigenvalue weighted by molar-refractivity contribution is -0.116. The highest BCUT2D eigenvalue weighted by molar-refractivity contribution is 7.98. The molecule has 0 N–H and O–H groups in total. The molecule has 0 fully saturated rings. The first kappa shape index (κ1) is 16.9. The summed E-state index contributed by atoms with van der Waals surface area (Å²) < 4.78 is 25.4. The van der Waals surface area contributed by atoms with Gasteiger partial charge in [0, 0.05) is 11.8 Å². The smallest absolute Gasteiger partial charge is 0.237 e.